The van der Waals surface area contributed by atoms with Crippen LogP contribution in [0.15, 0.2) is 223 Å². The van der Waals surface area contributed by atoms with Crippen LogP contribution in [0.5, 0.6) is 0 Å². The molecule has 3 nitrogen and oxygen atoms in total. The van der Waals surface area contributed by atoms with Crippen LogP contribution in [0.4, 0.5) is 17.1 Å². The molecule has 2 heterocycles. The standard InChI is InChI=1S/C54H36N2O/c1-5-15-37(16-6-1)38-25-32-45(33-26-38)56-48-34-29-41(39-27-30-44(31-28-39)55(42-19-9-3-10-20-42)43-21-11-4-12-22-43)35-47(48)53-49(56)36-51-54(46-23-13-14-24-50(46)57-51)52(53)40-17-7-2-8-18-40/h1-36H. The second-order valence-corrected chi connectivity index (χ2v) is 14.5. The average Bonchev–Trinajstić information content (AvgIpc) is 3.82. The maximum absolute atomic E-state index is 6.66. The molecule has 9 aromatic carbocycles. The summed E-state index contributed by atoms with van der Waals surface area (Å²) in [5.41, 5.74) is 15.5. The summed E-state index contributed by atoms with van der Waals surface area (Å²) in [7, 11) is 0. The van der Waals surface area contributed by atoms with Crippen molar-refractivity contribution in [1.82, 2.24) is 4.57 Å². The number of para-hydroxylation sites is 3. The third-order valence-corrected chi connectivity index (χ3v) is 11.2. The second-order valence-electron chi connectivity index (χ2n) is 14.5. The quantitative estimate of drug-likeness (QED) is 0.163. The molecule has 11 aromatic rings. The van der Waals surface area contributed by atoms with E-state index in [-0.39, 0.29) is 0 Å². The number of hydrogen-bond acceptors (Lipinski definition) is 2. The van der Waals surface area contributed by atoms with Crippen molar-refractivity contribution in [2.24, 2.45) is 0 Å². The molecule has 0 aliphatic rings. The van der Waals surface area contributed by atoms with Crippen molar-refractivity contribution < 1.29 is 4.42 Å². The zero-order valence-electron chi connectivity index (χ0n) is 31.1. The molecule has 0 saturated heterocycles. The smallest absolute Gasteiger partial charge is 0.138 e. The molecule has 0 atom stereocenters. The molecule has 3 heteroatoms. The van der Waals surface area contributed by atoms with Crippen LogP contribution in [0.3, 0.4) is 0 Å². The van der Waals surface area contributed by atoms with Crippen LogP contribution in [0.1, 0.15) is 0 Å². The number of hydrogen-bond donors (Lipinski definition) is 0. The molecule has 268 valence electrons. The van der Waals surface area contributed by atoms with E-state index in [9.17, 15) is 0 Å². The van der Waals surface area contributed by atoms with Gasteiger partial charge in [-0.2, -0.15) is 0 Å². The molecule has 0 radical (unpaired) electrons. The summed E-state index contributed by atoms with van der Waals surface area (Å²) < 4.78 is 9.06. The van der Waals surface area contributed by atoms with Crippen molar-refractivity contribution in [3.8, 4) is 39.1 Å². The molecular formula is C54H36N2O. The largest absolute Gasteiger partial charge is 0.456 e. The van der Waals surface area contributed by atoms with E-state index < -0.39 is 0 Å². The lowest BCUT2D eigenvalue weighted by atomic mass is 9.93. The predicted molar refractivity (Wildman–Crippen MR) is 239 cm³/mol. The maximum atomic E-state index is 6.66. The Kier molecular flexibility index (Phi) is 7.82. The fourth-order valence-corrected chi connectivity index (χ4v) is 8.57. The molecule has 0 saturated carbocycles. The highest BCUT2D eigenvalue weighted by molar-refractivity contribution is 6.27. The molecule has 57 heavy (non-hydrogen) atoms. The van der Waals surface area contributed by atoms with Crippen LogP contribution in [0, 0.1) is 0 Å². The highest BCUT2D eigenvalue weighted by Crippen LogP contribution is 2.47. The molecule has 0 aliphatic carbocycles. The Labute approximate surface area is 330 Å². The summed E-state index contributed by atoms with van der Waals surface area (Å²) in [5.74, 6) is 0. The summed E-state index contributed by atoms with van der Waals surface area (Å²) >= 11 is 0. The topological polar surface area (TPSA) is 21.3 Å². The van der Waals surface area contributed by atoms with Gasteiger partial charge in [0.25, 0.3) is 0 Å². The van der Waals surface area contributed by atoms with E-state index >= 15 is 0 Å². The highest BCUT2D eigenvalue weighted by atomic mass is 16.3. The van der Waals surface area contributed by atoms with E-state index in [1.165, 1.54) is 27.5 Å². The Hall–Kier alpha value is -7.62. The van der Waals surface area contributed by atoms with E-state index in [1.54, 1.807) is 0 Å². The van der Waals surface area contributed by atoms with Gasteiger partial charge in [-0.25, -0.2) is 0 Å². The number of nitrogens with zero attached hydrogens (tertiary/aromatic N) is 2. The first kappa shape index (κ1) is 32.8. The molecule has 2 aromatic heterocycles. The zero-order chi connectivity index (χ0) is 37.7. The average molecular weight is 729 g/mol. The molecule has 0 fully saturated rings. The fraction of sp³-hybridized carbons (Fsp3) is 0. The van der Waals surface area contributed by atoms with E-state index in [2.05, 4.69) is 222 Å². The molecule has 11 rings (SSSR count). The lowest BCUT2D eigenvalue weighted by molar-refractivity contribution is 0.669. The van der Waals surface area contributed by atoms with E-state index in [0.29, 0.717) is 0 Å². The van der Waals surface area contributed by atoms with Crippen molar-refractivity contribution >= 4 is 60.8 Å². The lowest BCUT2D eigenvalue weighted by Gasteiger charge is -2.25. The van der Waals surface area contributed by atoms with Gasteiger partial charge in [-0.15, -0.1) is 0 Å². The Bertz CT molecular complexity index is 3140. The van der Waals surface area contributed by atoms with Crippen LogP contribution >= 0.6 is 0 Å². The number of fused-ring (bicyclic) bond motifs is 6. The third-order valence-electron chi connectivity index (χ3n) is 11.2. The van der Waals surface area contributed by atoms with Gasteiger partial charge in [0.2, 0.25) is 0 Å². The Morgan fingerprint density at radius 3 is 1.51 bits per heavy atom. The highest BCUT2D eigenvalue weighted by Gasteiger charge is 2.23. The monoisotopic (exact) mass is 728 g/mol. The van der Waals surface area contributed by atoms with Crippen molar-refractivity contribution in [3.05, 3.63) is 218 Å². The van der Waals surface area contributed by atoms with Gasteiger partial charge in [-0.1, -0.05) is 146 Å². The molecule has 0 aliphatic heterocycles. The molecule has 0 unspecified atom stereocenters. The van der Waals surface area contributed by atoms with Gasteiger partial charge in [0.1, 0.15) is 11.2 Å². The predicted octanol–water partition coefficient (Wildman–Crippen LogP) is 15.2. The van der Waals surface area contributed by atoms with Crippen molar-refractivity contribution in [2.75, 3.05) is 4.90 Å². The maximum Gasteiger partial charge on any atom is 0.138 e. The first-order valence-corrected chi connectivity index (χ1v) is 19.4. The minimum absolute atomic E-state index is 0.879. The summed E-state index contributed by atoms with van der Waals surface area (Å²) in [5, 5.41) is 4.66. The molecule has 0 amide bonds. The van der Waals surface area contributed by atoms with E-state index in [1.807, 2.05) is 6.07 Å². The van der Waals surface area contributed by atoms with Crippen LogP contribution in [0.2, 0.25) is 0 Å². The summed E-state index contributed by atoms with van der Waals surface area (Å²) in [4.78, 5) is 2.30. The first-order chi connectivity index (χ1) is 28.3. The fourth-order valence-electron chi connectivity index (χ4n) is 8.57. The van der Waals surface area contributed by atoms with Crippen LogP contribution in [-0.2, 0) is 0 Å². The Morgan fingerprint density at radius 2 is 0.842 bits per heavy atom. The Balaban J connectivity index is 1.14. The summed E-state index contributed by atoms with van der Waals surface area (Å²) in [6.45, 7) is 0. The SMILES string of the molecule is c1ccc(-c2ccc(-n3c4ccc(-c5ccc(N(c6ccccc6)c6ccccc6)cc5)cc4c4c(-c5ccccc5)c5c(cc43)oc3ccccc35)cc2)cc1. The van der Waals surface area contributed by atoms with Gasteiger partial charge >= 0.3 is 0 Å². The van der Waals surface area contributed by atoms with Crippen LogP contribution in [-0.4, -0.2) is 4.57 Å². The number of rotatable bonds is 7. The van der Waals surface area contributed by atoms with E-state index in [0.717, 1.165) is 72.4 Å². The van der Waals surface area contributed by atoms with Gasteiger partial charge in [-0.05, 0) is 94.5 Å². The molecule has 0 N–H and O–H groups in total. The zero-order valence-corrected chi connectivity index (χ0v) is 31.1. The van der Waals surface area contributed by atoms with Crippen molar-refractivity contribution in [3.63, 3.8) is 0 Å². The molecule has 0 bridgehead atoms. The van der Waals surface area contributed by atoms with Gasteiger partial charge < -0.3 is 13.9 Å². The first-order valence-electron chi connectivity index (χ1n) is 19.4. The normalized spacial score (nSPS) is 11.5. The van der Waals surface area contributed by atoms with Gasteiger partial charge in [0, 0.05) is 55.9 Å². The van der Waals surface area contributed by atoms with Crippen LogP contribution in [0.25, 0.3) is 82.8 Å². The Morgan fingerprint density at radius 1 is 0.333 bits per heavy atom. The minimum Gasteiger partial charge on any atom is -0.456 e. The third kappa shape index (κ3) is 5.60. The lowest BCUT2D eigenvalue weighted by Crippen LogP contribution is -2.09. The minimum atomic E-state index is 0.879. The molecule has 0 spiro atoms. The molecular weight excluding hydrogens is 693 g/mol. The van der Waals surface area contributed by atoms with Gasteiger partial charge in [0.05, 0.1) is 11.0 Å². The summed E-state index contributed by atoms with van der Waals surface area (Å²) in [6, 6.07) is 77.9. The number of aromatic nitrogens is 1. The van der Waals surface area contributed by atoms with Gasteiger partial charge in [-0.3, -0.25) is 0 Å². The van der Waals surface area contributed by atoms with Crippen molar-refractivity contribution in [2.45, 2.75) is 0 Å². The number of furan rings is 1. The number of anilines is 3. The van der Waals surface area contributed by atoms with Crippen LogP contribution < -0.4 is 4.90 Å². The summed E-state index contributed by atoms with van der Waals surface area (Å²) in [6.07, 6.45) is 0. The number of benzene rings is 9. The van der Waals surface area contributed by atoms with Crippen molar-refractivity contribution in [1.29, 1.82) is 0 Å². The van der Waals surface area contributed by atoms with Gasteiger partial charge in [0.15, 0.2) is 0 Å². The second kappa shape index (κ2) is 13.6. The van der Waals surface area contributed by atoms with E-state index in [4.69, 9.17) is 4.42 Å².